The van der Waals surface area contributed by atoms with Gasteiger partial charge in [0.25, 0.3) is 0 Å². The predicted octanol–water partition coefficient (Wildman–Crippen LogP) is 0.454. The lowest BCUT2D eigenvalue weighted by atomic mass is 10.6. The predicted molar refractivity (Wildman–Crippen MR) is 29.1 cm³/mol. The molecular formula is C4H9N2O-. The molecule has 0 aliphatic carbocycles. The van der Waals surface area contributed by atoms with E-state index < -0.39 is 0 Å². The third-order valence-corrected chi connectivity index (χ3v) is 0.348. The van der Waals surface area contributed by atoms with E-state index in [1.165, 1.54) is 7.05 Å². The van der Waals surface area contributed by atoms with Gasteiger partial charge in [-0.25, -0.2) is 0 Å². The maximum Gasteiger partial charge on any atom is 0.0151 e. The summed E-state index contributed by atoms with van der Waals surface area (Å²) in [5, 5.41) is 10.6. The fourth-order valence-electron chi connectivity index (χ4n) is 0.269. The summed E-state index contributed by atoms with van der Waals surface area (Å²) in [5.41, 5.74) is 3.04. The Hall–Kier alpha value is -0.540. The van der Waals surface area contributed by atoms with Crippen molar-refractivity contribution in [3.8, 4) is 0 Å². The van der Waals surface area contributed by atoms with E-state index in [-0.39, 0.29) is 0 Å². The van der Waals surface area contributed by atoms with Crippen molar-refractivity contribution in [3.63, 3.8) is 0 Å². The Morgan fingerprint density at radius 2 is 2.29 bits per heavy atom. The molecule has 0 unspecified atom stereocenters. The van der Waals surface area contributed by atoms with Gasteiger partial charge in [0.1, 0.15) is 0 Å². The number of rotatable bonds is 2. The molecule has 0 aromatic rings. The molecular weight excluding hydrogens is 92.1 g/mol. The van der Waals surface area contributed by atoms with E-state index in [0.29, 0.717) is 10.9 Å². The van der Waals surface area contributed by atoms with E-state index in [1.54, 1.807) is 6.92 Å². The van der Waals surface area contributed by atoms with Crippen LogP contribution in [0.3, 0.4) is 0 Å². The zero-order valence-corrected chi connectivity index (χ0v) is 4.56. The third-order valence-electron chi connectivity index (χ3n) is 0.348. The number of nitrogens with one attached hydrogen (secondary N) is 1. The minimum Gasteiger partial charge on any atom is -0.768 e. The number of hydrogen-bond donors (Lipinski definition) is 1. The Morgan fingerprint density at radius 3 is 2.29 bits per heavy atom. The summed E-state index contributed by atoms with van der Waals surface area (Å²) in [6, 6.07) is 0. The standard InChI is InChI=1S/C4H9N2O/c1-4(2)5-6(3)7/h5H,1H2,2-3H3/q-1. The van der Waals surface area contributed by atoms with Crippen molar-refractivity contribution in [2.45, 2.75) is 6.92 Å². The second kappa shape index (κ2) is 2.60. The van der Waals surface area contributed by atoms with Crippen LogP contribution in [0.4, 0.5) is 0 Å². The summed E-state index contributed by atoms with van der Waals surface area (Å²) in [6.07, 6.45) is 0. The first-order chi connectivity index (χ1) is 3.13. The largest absolute Gasteiger partial charge is 0.768 e. The molecule has 0 aromatic carbocycles. The molecule has 0 fully saturated rings. The van der Waals surface area contributed by atoms with Gasteiger partial charge in [0.2, 0.25) is 0 Å². The molecule has 0 bridgehead atoms. The molecule has 0 spiro atoms. The van der Waals surface area contributed by atoms with Gasteiger partial charge in [-0.05, 0) is 14.0 Å². The lowest BCUT2D eigenvalue weighted by Crippen LogP contribution is -2.25. The lowest BCUT2D eigenvalue weighted by molar-refractivity contribution is 0.373. The van der Waals surface area contributed by atoms with Crippen LogP contribution in [0.1, 0.15) is 6.92 Å². The van der Waals surface area contributed by atoms with E-state index in [0.717, 1.165) is 0 Å². The number of hydrazine groups is 1. The van der Waals surface area contributed by atoms with E-state index >= 15 is 0 Å². The van der Waals surface area contributed by atoms with Crippen LogP contribution in [-0.2, 0) is 0 Å². The minimum absolute atomic E-state index is 0.600. The van der Waals surface area contributed by atoms with Crippen molar-refractivity contribution in [1.82, 2.24) is 10.6 Å². The van der Waals surface area contributed by atoms with Gasteiger partial charge in [0.15, 0.2) is 0 Å². The smallest absolute Gasteiger partial charge is 0.0151 e. The number of nitrogens with zero attached hydrogens (tertiary/aromatic N) is 1. The molecule has 3 heteroatoms. The normalized spacial score (nSPS) is 9.14. The van der Waals surface area contributed by atoms with Gasteiger partial charge in [0.05, 0.1) is 0 Å². The topological polar surface area (TPSA) is 38.3 Å². The van der Waals surface area contributed by atoms with Gasteiger partial charge in [-0.3, -0.25) is 0 Å². The number of hydrogen-bond acceptors (Lipinski definition) is 3. The monoisotopic (exact) mass is 101 g/mol. The highest BCUT2D eigenvalue weighted by molar-refractivity contribution is 4.81. The van der Waals surface area contributed by atoms with Crippen LogP contribution in [0.2, 0.25) is 0 Å². The van der Waals surface area contributed by atoms with Crippen LogP contribution >= 0.6 is 0 Å². The maximum absolute atomic E-state index is 10.00. The van der Waals surface area contributed by atoms with Crippen LogP contribution in [-0.4, -0.2) is 12.2 Å². The second-order valence-corrected chi connectivity index (χ2v) is 1.39. The zero-order valence-electron chi connectivity index (χ0n) is 4.56. The molecule has 0 radical (unpaired) electrons. The Kier molecular flexibility index (Phi) is 2.40. The van der Waals surface area contributed by atoms with E-state index in [9.17, 15) is 5.21 Å². The molecule has 42 valence electrons. The van der Waals surface area contributed by atoms with Gasteiger partial charge in [0, 0.05) is 5.70 Å². The van der Waals surface area contributed by atoms with Crippen LogP contribution in [0, 0.1) is 5.21 Å². The van der Waals surface area contributed by atoms with E-state index in [2.05, 4.69) is 12.0 Å². The Labute approximate surface area is 43.2 Å². The van der Waals surface area contributed by atoms with Gasteiger partial charge in [-0.1, -0.05) is 6.58 Å². The fourth-order valence-corrected chi connectivity index (χ4v) is 0.269. The van der Waals surface area contributed by atoms with Gasteiger partial charge < -0.3 is 15.8 Å². The SMILES string of the molecule is C=C(C)NN(C)[O-]. The van der Waals surface area contributed by atoms with Crippen molar-refractivity contribution < 1.29 is 0 Å². The summed E-state index contributed by atoms with van der Waals surface area (Å²) in [7, 11) is 1.37. The Bertz CT molecular complexity index is 70.1. The minimum atomic E-state index is 0.600. The second-order valence-electron chi connectivity index (χ2n) is 1.39. The van der Waals surface area contributed by atoms with E-state index in [1.807, 2.05) is 0 Å². The Morgan fingerprint density at radius 1 is 1.86 bits per heavy atom. The molecule has 0 heterocycles. The van der Waals surface area contributed by atoms with Crippen LogP contribution in [0.15, 0.2) is 12.3 Å². The lowest BCUT2D eigenvalue weighted by Gasteiger charge is -2.23. The van der Waals surface area contributed by atoms with Crippen molar-refractivity contribution in [2.75, 3.05) is 7.05 Å². The summed E-state index contributed by atoms with van der Waals surface area (Å²) >= 11 is 0. The highest BCUT2D eigenvalue weighted by atomic mass is 16.5. The van der Waals surface area contributed by atoms with Crippen molar-refractivity contribution >= 4 is 0 Å². The van der Waals surface area contributed by atoms with Gasteiger partial charge in [-0.15, -0.1) is 0 Å². The van der Waals surface area contributed by atoms with Crippen LogP contribution in [0.5, 0.6) is 0 Å². The summed E-state index contributed by atoms with van der Waals surface area (Å²) in [6.45, 7) is 5.16. The number of allylic oxidation sites excluding steroid dienone is 1. The highest BCUT2D eigenvalue weighted by Gasteiger charge is 1.74. The molecule has 0 amide bonds. The highest BCUT2D eigenvalue weighted by Crippen LogP contribution is 1.77. The zero-order chi connectivity index (χ0) is 5.86. The first kappa shape index (κ1) is 6.46. The average molecular weight is 101 g/mol. The maximum atomic E-state index is 10.00. The molecule has 0 atom stereocenters. The molecule has 0 aliphatic rings. The quantitative estimate of drug-likeness (QED) is 0.513. The summed E-state index contributed by atoms with van der Waals surface area (Å²) in [5.74, 6) is 0. The van der Waals surface area contributed by atoms with Gasteiger partial charge >= 0.3 is 0 Å². The molecule has 0 aromatic heterocycles. The van der Waals surface area contributed by atoms with Crippen molar-refractivity contribution in [3.05, 3.63) is 17.5 Å². The number of hydroxylamine groups is 1. The fraction of sp³-hybridized carbons (Fsp3) is 0.500. The molecule has 0 saturated heterocycles. The van der Waals surface area contributed by atoms with E-state index in [4.69, 9.17) is 0 Å². The third kappa shape index (κ3) is 5.46. The first-order valence-electron chi connectivity index (χ1n) is 1.96. The molecule has 1 N–H and O–H groups in total. The van der Waals surface area contributed by atoms with Crippen LogP contribution in [0.25, 0.3) is 0 Å². The molecule has 0 rings (SSSR count). The molecule has 7 heavy (non-hydrogen) atoms. The van der Waals surface area contributed by atoms with Crippen LogP contribution < -0.4 is 5.43 Å². The summed E-state index contributed by atoms with van der Waals surface area (Å²) in [4.78, 5) is 0. The first-order valence-corrected chi connectivity index (χ1v) is 1.96. The molecule has 0 aliphatic heterocycles. The van der Waals surface area contributed by atoms with Crippen molar-refractivity contribution in [2.24, 2.45) is 0 Å². The van der Waals surface area contributed by atoms with Gasteiger partial charge in [-0.2, -0.15) is 0 Å². The summed E-state index contributed by atoms with van der Waals surface area (Å²) < 4.78 is 0. The molecule has 0 saturated carbocycles. The Balaban J connectivity index is 3.13. The average Bonchev–Trinajstić information content (AvgIpc) is 1.27. The van der Waals surface area contributed by atoms with Crippen molar-refractivity contribution in [1.29, 1.82) is 0 Å². The molecule has 3 nitrogen and oxygen atoms in total.